The van der Waals surface area contributed by atoms with E-state index in [2.05, 4.69) is 24.1 Å². The van der Waals surface area contributed by atoms with Crippen LogP contribution < -0.4 is 5.32 Å². The topological polar surface area (TPSA) is 46.1 Å². The van der Waals surface area contributed by atoms with Crippen LogP contribution in [-0.2, 0) is 9.47 Å². The van der Waals surface area contributed by atoms with Crippen LogP contribution in [0.4, 0.5) is 0 Å². The minimum atomic E-state index is 0. The Morgan fingerprint density at radius 2 is 1.93 bits per heavy atom. The van der Waals surface area contributed by atoms with E-state index in [0.717, 1.165) is 76.5 Å². The normalized spacial score (nSPS) is 30.0. The summed E-state index contributed by atoms with van der Waals surface area (Å²) in [6.45, 7) is 10.3. The van der Waals surface area contributed by atoms with E-state index in [1.54, 1.807) is 0 Å². The standard InChI is InChI=1S/C22H41N3O2.HI/c1-3-23-22(24-16-19-8-6-7-18(2)15-19)25-12-10-20(11-13-25)27-17-21-9-4-5-14-26-21;/h18-21H,3-17H2,1-2H3,(H,23,24);1H. The summed E-state index contributed by atoms with van der Waals surface area (Å²) in [4.78, 5) is 7.45. The van der Waals surface area contributed by atoms with Gasteiger partial charge in [-0.2, -0.15) is 0 Å². The molecule has 28 heavy (non-hydrogen) atoms. The maximum Gasteiger partial charge on any atom is 0.193 e. The maximum absolute atomic E-state index is 6.17. The second-order valence-corrected chi connectivity index (χ2v) is 8.84. The highest BCUT2D eigenvalue weighted by Gasteiger charge is 2.24. The second kappa shape index (κ2) is 13.3. The van der Waals surface area contributed by atoms with Gasteiger partial charge in [0.05, 0.1) is 18.8 Å². The molecule has 5 nitrogen and oxygen atoms in total. The summed E-state index contributed by atoms with van der Waals surface area (Å²) >= 11 is 0. The summed E-state index contributed by atoms with van der Waals surface area (Å²) in [5, 5.41) is 3.52. The smallest absolute Gasteiger partial charge is 0.193 e. The molecular formula is C22H42IN3O2. The SMILES string of the molecule is CCNC(=NCC1CCCC(C)C1)N1CCC(OCC2CCCCO2)CC1.I. The van der Waals surface area contributed by atoms with Crippen molar-refractivity contribution in [3.63, 3.8) is 0 Å². The van der Waals surface area contributed by atoms with E-state index >= 15 is 0 Å². The first-order chi connectivity index (χ1) is 13.2. The third-order valence-corrected chi connectivity index (χ3v) is 6.41. The molecule has 1 saturated carbocycles. The molecule has 3 aliphatic rings. The average molecular weight is 508 g/mol. The van der Waals surface area contributed by atoms with Crippen LogP contribution in [0.25, 0.3) is 0 Å². The zero-order valence-corrected chi connectivity index (χ0v) is 20.4. The molecule has 3 rings (SSSR count). The Bertz CT molecular complexity index is 449. The van der Waals surface area contributed by atoms with E-state index in [0.29, 0.717) is 12.2 Å². The van der Waals surface area contributed by atoms with Crippen LogP contribution in [-0.4, -0.2) is 62.5 Å². The number of nitrogens with zero attached hydrogens (tertiary/aromatic N) is 2. The molecule has 6 heteroatoms. The van der Waals surface area contributed by atoms with E-state index in [1.807, 2.05) is 0 Å². The number of ether oxygens (including phenoxy) is 2. The van der Waals surface area contributed by atoms with E-state index in [9.17, 15) is 0 Å². The van der Waals surface area contributed by atoms with Crippen molar-refractivity contribution in [1.29, 1.82) is 0 Å². The first kappa shape index (κ1) is 24.2. The summed E-state index contributed by atoms with van der Waals surface area (Å²) in [6.07, 6.45) is 12.0. The molecule has 3 unspecified atom stereocenters. The van der Waals surface area contributed by atoms with Gasteiger partial charge in [0, 0.05) is 32.8 Å². The number of hydrogen-bond acceptors (Lipinski definition) is 3. The van der Waals surface area contributed by atoms with Gasteiger partial charge < -0.3 is 19.7 Å². The zero-order valence-electron chi connectivity index (χ0n) is 18.0. The predicted octanol–water partition coefficient (Wildman–Crippen LogP) is 4.45. The lowest BCUT2D eigenvalue weighted by Crippen LogP contribution is -2.47. The quantitative estimate of drug-likeness (QED) is 0.328. The number of aliphatic imine (C=N–C) groups is 1. The molecule has 3 atom stereocenters. The van der Waals surface area contributed by atoms with Crippen molar-refractivity contribution >= 4 is 29.9 Å². The van der Waals surface area contributed by atoms with Gasteiger partial charge in [0.1, 0.15) is 0 Å². The molecule has 2 aliphatic heterocycles. The number of likely N-dealkylation sites (tertiary alicyclic amines) is 1. The Balaban J connectivity index is 0.00000280. The van der Waals surface area contributed by atoms with Crippen LogP contribution in [0, 0.1) is 11.8 Å². The highest BCUT2D eigenvalue weighted by atomic mass is 127. The van der Waals surface area contributed by atoms with Crippen molar-refractivity contribution < 1.29 is 9.47 Å². The first-order valence-electron chi connectivity index (χ1n) is 11.5. The van der Waals surface area contributed by atoms with Gasteiger partial charge in [-0.1, -0.05) is 19.8 Å². The monoisotopic (exact) mass is 507 g/mol. The van der Waals surface area contributed by atoms with Crippen LogP contribution >= 0.6 is 24.0 Å². The summed E-state index contributed by atoms with van der Waals surface area (Å²) in [6, 6.07) is 0. The molecule has 2 saturated heterocycles. The molecule has 0 aromatic heterocycles. The van der Waals surface area contributed by atoms with Crippen LogP contribution in [0.15, 0.2) is 4.99 Å². The number of guanidine groups is 1. The van der Waals surface area contributed by atoms with Gasteiger partial charge in [0.25, 0.3) is 0 Å². The zero-order chi connectivity index (χ0) is 18.9. The van der Waals surface area contributed by atoms with Gasteiger partial charge in [-0.15, -0.1) is 24.0 Å². The molecule has 0 amide bonds. The highest BCUT2D eigenvalue weighted by molar-refractivity contribution is 14.0. The Morgan fingerprint density at radius 3 is 2.61 bits per heavy atom. The third-order valence-electron chi connectivity index (χ3n) is 6.41. The molecule has 0 bridgehead atoms. The second-order valence-electron chi connectivity index (χ2n) is 8.84. The molecule has 1 aliphatic carbocycles. The van der Waals surface area contributed by atoms with Crippen molar-refractivity contribution in [2.75, 3.05) is 39.4 Å². The number of hydrogen-bond donors (Lipinski definition) is 1. The number of rotatable bonds is 6. The lowest BCUT2D eigenvalue weighted by atomic mass is 9.82. The fraction of sp³-hybridized carbons (Fsp3) is 0.955. The average Bonchev–Trinajstić information content (AvgIpc) is 2.71. The minimum absolute atomic E-state index is 0. The molecule has 0 spiro atoms. The Kier molecular flexibility index (Phi) is 11.5. The summed E-state index contributed by atoms with van der Waals surface area (Å²) < 4.78 is 12.0. The van der Waals surface area contributed by atoms with Gasteiger partial charge in [0.15, 0.2) is 5.96 Å². The molecular weight excluding hydrogens is 465 g/mol. The fourth-order valence-corrected chi connectivity index (χ4v) is 4.78. The third kappa shape index (κ3) is 7.98. The number of nitrogens with one attached hydrogen (secondary N) is 1. The van der Waals surface area contributed by atoms with Crippen molar-refractivity contribution in [2.45, 2.75) is 83.8 Å². The largest absolute Gasteiger partial charge is 0.376 e. The van der Waals surface area contributed by atoms with Crippen LogP contribution in [0.5, 0.6) is 0 Å². The first-order valence-corrected chi connectivity index (χ1v) is 11.5. The maximum atomic E-state index is 6.17. The molecule has 3 fully saturated rings. The molecule has 164 valence electrons. The molecule has 0 aromatic carbocycles. The van der Waals surface area contributed by atoms with E-state index < -0.39 is 0 Å². The minimum Gasteiger partial charge on any atom is -0.376 e. The fourth-order valence-electron chi connectivity index (χ4n) is 4.78. The predicted molar refractivity (Wildman–Crippen MR) is 127 cm³/mol. The van der Waals surface area contributed by atoms with Gasteiger partial charge in [-0.05, 0) is 63.7 Å². The van der Waals surface area contributed by atoms with Crippen molar-refractivity contribution in [2.24, 2.45) is 16.8 Å². The van der Waals surface area contributed by atoms with E-state index in [4.69, 9.17) is 14.5 Å². The van der Waals surface area contributed by atoms with Gasteiger partial charge in [0.2, 0.25) is 0 Å². The van der Waals surface area contributed by atoms with Gasteiger partial charge >= 0.3 is 0 Å². The van der Waals surface area contributed by atoms with Crippen LogP contribution in [0.2, 0.25) is 0 Å². The van der Waals surface area contributed by atoms with Crippen molar-refractivity contribution in [3.8, 4) is 0 Å². The number of piperidine rings is 1. The Labute approximate surface area is 189 Å². The van der Waals surface area contributed by atoms with E-state index in [-0.39, 0.29) is 24.0 Å². The summed E-state index contributed by atoms with van der Waals surface area (Å²) in [5.74, 6) is 2.77. The Hall–Kier alpha value is -0.0800. The molecule has 0 aromatic rings. The van der Waals surface area contributed by atoms with Gasteiger partial charge in [-0.3, -0.25) is 4.99 Å². The lowest BCUT2D eigenvalue weighted by Gasteiger charge is -2.35. The van der Waals surface area contributed by atoms with Crippen molar-refractivity contribution in [1.82, 2.24) is 10.2 Å². The molecule has 2 heterocycles. The lowest BCUT2D eigenvalue weighted by molar-refractivity contribution is -0.0721. The molecule has 1 N–H and O–H groups in total. The number of halogens is 1. The van der Waals surface area contributed by atoms with Crippen molar-refractivity contribution in [3.05, 3.63) is 0 Å². The summed E-state index contributed by atoms with van der Waals surface area (Å²) in [5.41, 5.74) is 0. The van der Waals surface area contributed by atoms with Crippen LogP contribution in [0.3, 0.4) is 0 Å². The highest BCUT2D eigenvalue weighted by Crippen LogP contribution is 2.28. The molecule has 0 radical (unpaired) electrons. The van der Waals surface area contributed by atoms with Gasteiger partial charge in [-0.25, -0.2) is 0 Å². The van der Waals surface area contributed by atoms with Crippen LogP contribution in [0.1, 0.15) is 71.6 Å². The Morgan fingerprint density at radius 1 is 1.11 bits per heavy atom. The van der Waals surface area contributed by atoms with E-state index in [1.165, 1.54) is 38.5 Å². The summed E-state index contributed by atoms with van der Waals surface area (Å²) in [7, 11) is 0.